The van der Waals surface area contributed by atoms with Gasteiger partial charge in [-0.1, -0.05) is 0 Å². The first kappa shape index (κ1) is 10.7. The van der Waals surface area contributed by atoms with Crippen LogP contribution in [0.1, 0.15) is 5.56 Å². The number of carbonyl (C=O) groups excluding carboxylic acids is 2. The van der Waals surface area contributed by atoms with E-state index >= 15 is 0 Å². The molecule has 1 amide bonds. The lowest BCUT2D eigenvalue weighted by atomic mass is 10.2. The smallest absolute Gasteiger partial charge is 0.293 e. The molecular formula is C10H8N2O3. The minimum absolute atomic E-state index is 0.207. The van der Waals surface area contributed by atoms with Crippen molar-refractivity contribution in [1.29, 1.82) is 5.26 Å². The number of rotatable bonds is 4. The Morgan fingerprint density at radius 1 is 1.47 bits per heavy atom. The molecule has 0 spiro atoms. The average Bonchev–Trinajstić information content (AvgIpc) is 2.27. The fourth-order valence-corrected chi connectivity index (χ4v) is 0.935. The van der Waals surface area contributed by atoms with Crippen LogP contribution in [-0.4, -0.2) is 19.0 Å². The van der Waals surface area contributed by atoms with Gasteiger partial charge in [-0.15, -0.1) is 0 Å². The standard InChI is InChI=1S/C10H8N2O3/c11-5-8-1-3-9(4-2-8)12-10(14)6-15-7-13/h1-4,7H,6H2,(H,12,14). The van der Waals surface area contributed by atoms with Gasteiger partial charge in [0.2, 0.25) is 0 Å². The molecule has 0 aliphatic rings. The van der Waals surface area contributed by atoms with Crippen molar-refractivity contribution in [1.82, 2.24) is 0 Å². The van der Waals surface area contributed by atoms with Gasteiger partial charge in [0, 0.05) is 5.69 Å². The highest BCUT2D eigenvalue weighted by molar-refractivity contribution is 5.92. The normalized spacial score (nSPS) is 8.73. The van der Waals surface area contributed by atoms with E-state index in [9.17, 15) is 9.59 Å². The zero-order valence-corrected chi connectivity index (χ0v) is 7.77. The molecule has 0 aliphatic carbocycles. The minimum Gasteiger partial charge on any atom is -0.458 e. The van der Waals surface area contributed by atoms with Gasteiger partial charge < -0.3 is 10.1 Å². The minimum atomic E-state index is -0.424. The van der Waals surface area contributed by atoms with Crippen LogP contribution in [-0.2, 0) is 14.3 Å². The van der Waals surface area contributed by atoms with Crippen LogP contribution < -0.4 is 5.32 Å². The van der Waals surface area contributed by atoms with Crippen LogP contribution >= 0.6 is 0 Å². The van der Waals surface area contributed by atoms with E-state index in [1.807, 2.05) is 6.07 Å². The summed E-state index contributed by atoms with van der Waals surface area (Å²) in [6.07, 6.45) is 0. The average molecular weight is 204 g/mol. The maximum atomic E-state index is 11.1. The third kappa shape index (κ3) is 3.48. The summed E-state index contributed by atoms with van der Waals surface area (Å²) in [4.78, 5) is 20.9. The van der Waals surface area contributed by atoms with Gasteiger partial charge in [-0.3, -0.25) is 9.59 Å². The monoisotopic (exact) mass is 204 g/mol. The Bertz CT molecular complexity index is 392. The summed E-state index contributed by atoms with van der Waals surface area (Å²) in [5, 5.41) is 11.0. The van der Waals surface area contributed by atoms with Gasteiger partial charge in [-0.25, -0.2) is 0 Å². The van der Waals surface area contributed by atoms with E-state index in [-0.39, 0.29) is 13.1 Å². The van der Waals surface area contributed by atoms with E-state index < -0.39 is 5.91 Å². The molecular weight excluding hydrogens is 196 g/mol. The Balaban J connectivity index is 2.54. The van der Waals surface area contributed by atoms with Crippen molar-refractivity contribution in [2.24, 2.45) is 0 Å². The maximum Gasteiger partial charge on any atom is 0.293 e. The SMILES string of the molecule is N#Cc1ccc(NC(=O)COC=O)cc1. The molecule has 0 unspecified atom stereocenters. The second kappa shape index (κ2) is 5.40. The highest BCUT2D eigenvalue weighted by Crippen LogP contribution is 2.08. The lowest BCUT2D eigenvalue weighted by molar-refractivity contribution is -0.135. The Morgan fingerprint density at radius 3 is 2.67 bits per heavy atom. The van der Waals surface area contributed by atoms with E-state index in [0.29, 0.717) is 11.3 Å². The lowest BCUT2D eigenvalue weighted by Crippen LogP contribution is -2.17. The number of nitrogens with one attached hydrogen (secondary N) is 1. The van der Waals surface area contributed by atoms with E-state index in [0.717, 1.165) is 0 Å². The predicted octanol–water partition coefficient (Wildman–Crippen LogP) is 0.670. The van der Waals surface area contributed by atoms with Crippen molar-refractivity contribution in [3.05, 3.63) is 29.8 Å². The Morgan fingerprint density at radius 2 is 2.13 bits per heavy atom. The highest BCUT2D eigenvalue weighted by Gasteiger charge is 2.01. The summed E-state index contributed by atoms with van der Waals surface area (Å²) in [5.41, 5.74) is 1.06. The first-order valence-corrected chi connectivity index (χ1v) is 4.11. The number of hydrogen-bond donors (Lipinski definition) is 1. The topological polar surface area (TPSA) is 79.2 Å². The van der Waals surface area contributed by atoms with Crippen molar-refractivity contribution >= 4 is 18.1 Å². The van der Waals surface area contributed by atoms with Crippen LogP contribution in [0.4, 0.5) is 5.69 Å². The summed E-state index contributed by atoms with van der Waals surface area (Å²) in [5.74, 6) is -0.424. The summed E-state index contributed by atoms with van der Waals surface area (Å²) >= 11 is 0. The van der Waals surface area contributed by atoms with Crippen molar-refractivity contribution < 1.29 is 14.3 Å². The van der Waals surface area contributed by atoms with E-state index in [4.69, 9.17) is 5.26 Å². The molecule has 0 radical (unpaired) electrons. The van der Waals surface area contributed by atoms with E-state index in [2.05, 4.69) is 10.1 Å². The molecule has 0 aromatic heterocycles. The van der Waals surface area contributed by atoms with Crippen molar-refractivity contribution in [2.75, 3.05) is 11.9 Å². The number of hydrogen-bond acceptors (Lipinski definition) is 4. The number of nitrogens with zero attached hydrogens (tertiary/aromatic N) is 1. The summed E-state index contributed by atoms with van der Waals surface area (Å²) < 4.78 is 4.27. The van der Waals surface area contributed by atoms with Crippen LogP contribution in [0.2, 0.25) is 0 Å². The second-order valence-corrected chi connectivity index (χ2v) is 2.64. The molecule has 1 aromatic rings. The molecule has 5 heteroatoms. The first-order chi connectivity index (χ1) is 7.26. The summed E-state index contributed by atoms with van der Waals surface area (Å²) in [6.45, 7) is -0.109. The molecule has 0 atom stereocenters. The zero-order chi connectivity index (χ0) is 11.1. The molecule has 76 valence electrons. The highest BCUT2D eigenvalue weighted by atomic mass is 16.5. The number of anilines is 1. The molecule has 1 aromatic carbocycles. The Labute approximate surface area is 86.3 Å². The van der Waals surface area contributed by atoms with Gasteiger partial charge >= 0.3 is 0 Å². The molecule has 0 saturated carbocycles. The maximum absolute atomic E-state index is 11.1. The van der Waals surface area contributed by atoms with Crippen molar-refractivity contribution in [3.63, 3.8) is 0 Å². The van der Waals surface area contributed by atoms with Crippen molar-refractivity contribution in [3.8, 4) is 6.07 Å². The number of ether oxygens (including phenoxy) is 1. The zero-order valence-electron chi connectivity index (χ0n) is 7.77. The molecule has 0 bridgehead atoms. The lowest BCUT2D eigenvalue weighted by Gasteiger charge is -2.03. The van der Waals surface area contributed by atoms with E-state index in [1.165, 1.54) is 0 Å². The number of benzene rings is 1. The first-order valence-electron chi connectivity index (χ1n) is 4.11. The van der Waals surface area contributed by atoms with Gasteiger partial charge in [0.1, 0.15) is 0 Å². The molecule has 15 heavy (non-hydrogen) atoms. The number of carbonyl (C=O) groups is 2. The number of amides is 1. The third-order valence-electron chi connectivity index (χ3n) is 1.58. The molecule has 0 saturated heterocycles. The summed E-state index contributed by atoms with van der Waals surface area (Å²) in [7, 11) is 0. The summed E-state index contributed by atoms with van der Waals surface area (Å²) in [6, 6.07) is 8.31. The molecule has 1 N–H and O–H groups in total. The van der Waals surface area contributed by atoms with Gasteiger partial charge in [-0.2, -0.15) is 5.26 Å². The largest absolute Gasteiger partial charge is 0.458 e. The third-order valence-corrected chi connectivity index (χ3v) is 1.58. The molecule has 0 fully saturated rings. The Hall–Kier alpha value is -2.35. The fourth-order valence-electron chi connectivity index (χ4n) is 0.935. The van der Waals surface area contributed by atoms with Gasteiger partial charge in [0.25, 0.3) is 12.4 Å². The van der Waals surface area contributed by atoms with Crippen LogP contribution in [0.25, 0.3) is 0 Å². The predicted molar refractivity (Wildman–Crippen MR) is 51.8 cm³/mol. The Kier molecular flexibility index (Phi) is 3.86. The van der Waals surface area contributed by atoms with Crippen LogP contribution in [0.3, 0.4) is 0 Å². The van der Waals surface area contributed by atoms with Gasteiger partial charge in [0.05, 0.1) is 11.6 Å². The van der Waals surface area contributed by atoms with Crippen LogP contribution in [0, 0.1) is 11.3 Å². The molecule has 0 aliphatic heterocycles. The number of nitriles is 1. The van der Waals surface area contributed by atoms with E-state index in [1.54, 1.807) is 24.3 Å². The molecule has 5 nitrogen and oxygen atoms in total. The van der Waals surface area contributed by atoms with Crippen LogP contribution in [0.5, 0.6) is 0 Å². The van der Waals surface area contributed by atoms with Gasteiger partial charge in [0.15, 0.2) is 6.61 Å². The van der Waals surface area contributed by atoms with Crippen molar-refractivity contribution in [2.45, 2.75) is 0 Å². The quantitative estimate of drug-likeness (QED) is 0.731. The second-order valence-electron chi connectivity index (χ2n) is 2.64. The van der Waals surface area contributed by atoms with Crippen LogP contribution in [0.15, 0.2) is 24.3 Å². The molecule has 1 rings (SSSR count). The van der Waals surface area contributed by atoms with Gasteiger partial charge in [-0.05, 0) is 24.3 Å². The molecule has 0 heterocycles. The fraction of sp³-hybridized carbons (Fsp3) is 0.100.